The van der Waals surface area contributed by atoms with E-state index in [0.717, 1.165) is 11.8 Å². The molecule has 2 nitrogen and oxygen atoms in total. The summed E-state index contributed by atoms with van der Waals surface area (Å²) < 4.78 is 0. The van der Waals surface area contributed by atoms with Crippen molar-refractivity contribution in [3.05, 3.63) is 35.4 Å². The molecule has 1 aromatic rings. The molecule has 0 fully saturated rings. The predicted octanol–water partition coefficient (Wildman–Crippen LogP) is 1.89. The summed E-state index contributed by atoms with van der Waals surface area (Å²) >= 11 is 0. The van der Waals surface area contributed by atoms with Gasteiger partial charge in [0.05, 0.1) is 0 Å². The Labute approximate surface area is 65.4 Å². The molecule has 0 saturated carbocycles. The van der Waals surface area contributed by atoms with Crippen LogP contribution in [0.2, 0.25) is 0 Å². The van der Waals surface area contributed by atoms with Crippen molar-refractivity contribution in [1.82, 2.24) is 0 Å². The summed E-state index contributed by atoms with van der Waals surface area (Å²) in [6.07, 6.45) is 0.795. The van der Waals surface area contributed by atoms with Crippen LogP contribution >= 0.6 is 0 Å². The molecule has 56 valence electrons. The molecule has 0 unspecified atom stereocenters. The Morgan fingerprint density at radius 1 is 1.36 bits per heavy atom. The number of nitrogens with one attached hydrogen (secondary N) is 1. The Hall–Kier alpha value is -1.44. The van der Waals surface area contributed by atoms with Crippen molar-refractivity contribution in [2.45, 2.75) is 6.92 Å². The van der Waals surface area contributed by atoms with Crippen LogP contribution in [0.15, 0.2) is 24.3 Å². The zero-order valence-corrected chi connectivity index (χ0v) is 6.29. The molecule has 0 amide bonds. The van der Waals surface area contributed by atoms with Gasteiger partial charge in [-0.3, -0.25) is 4.79 Å². The average molecular weight is 147 g/mol. The number of benzene rings is 1. The number of rotatable bonds is 2. The minimum Gasteiger partial charge on any atom is -0.305 e. The first kappa shape index (κ1) is 7.66. The van der Waals surface area contributed by atoms with Crippen molar-refractivity contribution in [2.24, 2.45) is 0 Å². The van der Waals surface area contributed by atoms with Gasteiger partial charge in [-0.05, 0) is 12.5 Å². The van der Waals surface area contributed by atoms with Crippen molar-refractivity contribution in [2.75, 3.05) is 0 Å². The molecule has 0 aromatic heterocycles. The predicted molar refractivity (Wildman–Crippen MR) is 44.3 cm³/mol. The van der Waals surface area contributed by atoms with Gasteiger partial charge < -0.3 is 5.41 Å². The van der Waals surface area contributed by atoms with E-state index in [1.165, 1.54) is 0 Å². The molecule has 1 rings (SSSR count). The van der Waals surface area contributed by atoms with Crippen molar-refractivity contribution in [3.63, 3.8) is 0 Å². The third kappa shape index (κ3) is 1.74. The third-order valence-electron chi connectivity index (χ3n) is 1.48. The molecule has 0 radical (unpaired) electrons. The lowest BCUT2D eigenvalue weighted by molar-refractivity contribution is 0.112. The second kappa shape index (κ2) is 3.10. The maximum Gasteiger partial charge on any atom is 0.150 e. The zero-order valence-electron chi connectivity index (χ0n) is 6.29. The van der Waals surface area contributed by atoms with Crippen LogP contribution in [0, 0.1) is 5.41 Å². The lowest BCUT2D eigenvalue weighted by Crippen LogP contribution is -1.91. The van der Waals surface area contributed by atoms with Crippen LogP contribution in [0.25, 0.3) is 0 Å². The monoisotopic (exact) mass is 147 g/mol. The van der Waals surface area contributed by atoms with Gasteiger partial charge in [-0.1, -0.05) is 24.3 Å². The van der Waals surface area contributed by atoms with E-state index in [1.54, 1.807) is 31.2 Å². The van der Waals surface area contributed by atoms with Gasteiger partial charge in [0.25, 0.3) is 0 Å². The van der Waals surface area contributed by atoms with E-state index >= 15 is 0 Å². The first-order valence-electron chi connectivity index (χ1n) is 3.35. The topological polar surface area (TPSA) is 40.9 Å². The Bertz CT molecular complexity index is 274. The SMILES string of the molecule is CC(=N)c1ccc(C=O)cc1. The zero-order chi connectivity index (χ0) is 8.27. The van der Waals surface area contributed by atoms with Crippen LogP contribution in [0.4, 0.5) is 0 Å². The smallest absolute Gasteiger partial charge is 0.150 e. The minimum absolute atomic E-state index is 0.516. The maximum atomic E-state index is 10.2. The summed E-state index contributed by atoms with van der Waals surface area (Å²) in [5.74, 6) is 0. The molecular weight excluding hydrogens is 138 g/mol. The number of hydrogen-bond donors (Lipinski definition) is 1. The van der Waals surface area contributed by atoms with E-state index < -0.39 is 0 Å². The van der Waals surface area contributed by atoms with Gasteiger partial charge in [0.15, 0.2) is 0 Å². The van der Waals surface area contributed by atoms with E-state index in [4.69, 9.17) is 5.41 Å². The molecule has 0 aliphatic carbocycles. The fourth-order valence-corrected chi connectivity index (χ4v) is 0.812. The summed E-state index contributed by atoms with van der Waals surface area (Å²) in [4.78, 5) is 10.2. The highest BCUT2D eigenvalue weighted by Gasteiger charge is 1.93. The number of carbonyl (C=O) groups is 1. The molecule has 0 saturated heterocycles. The van der Waals surface area contributed by atoms with Gasteiger partial charge in [-0.25, -0.2) is 0 Å². The van der Waals surface area contributed by atoms with Crippen molar-refractivity contribution in [1.29, 1.82) is 5.41 Å². The van der Waals surface area contributed by atoms with E-state index in [1.807, 2.05) is 0 Å². The second-order valence-corrected chi connectivity index (χ2v) is 2.36. The number of carbonyl (C=O) groups excluding carboxylic acids is 1. The van der Waals surface area contributed by atoms with Gasteiger partial charge in [-0.15, -0.1) is 0 Å². The molecule has 0 aliphatic heterocycles. The van der Waals surface area contributed by atoms with Crippen LogP contribution in [-0.4, -0.2) is 12.0 Å². The molecule has 2 heteroatoms. The highest BCUT2D eigenvalue weighted by atomic mass is 16.1. The van der Waals surface area contributed by atoms with Gasteiger partial charge >= 0.3 is 0 Å². The Balaban J connectivity index is 3.00. The summed E-state index contributed by atoms with van der Waals surface area (Å²) in [6.45, 7) is 1.72. The number of aldehydes is 1. The molecule has 1 aromatic carbocycles. The molecule has 0 aliphatic rings. The average Bonchev–Trinajstić information content (AvgIpc) is 2.05. The minimum atomic E-state index is 0.516. The van der Waals surface area contributed by atoms with Gasteiger partial charge in [-0.2, -0.15) is 0 Å². The van der Waals surface area contributed by atoms with Crippen LogP contribution in [0.5, 0.6) is 0 Å². The molecule has 1 N–H and O–H groups in total. The van der Waals surface area contributed by atoms with Crippen LogP contribution in [0.3, 0.4) is 0 Å². The Morgan fingerprint density at radius 2 is 1.91 bits per heavy atom. The van der Waals surface area contributed by atoms with Gasteiger partial charge in [0, 0.05) is 11.3 Å². The Kier molecular flexibility index (Phi) is 2.16. The molecule has 0 bridgehead atoms. The van der Waals surface area contributed by atoms with Crippen LogP contribution in [-0.2, 0) is 0 Å². The lowest BCUT2D eigenvalue weighted by Gasteiger charge is -1.96. The maximum absolute atomic E-state index is 10.2. The lowest BCUT2D eigenvalue weighted by atomic mass is 10.1. The molecule has 0 atom stereocenters. The van der Waals surface area contributed by atoms with Crippen LogP contribution < -0.4 is 0 Å². The Morgan fingerprint density at radius 3 is 2.27 bits per heavy atom. The first-order chi connectivity index (χ1) is 5.24. The summed E-state index contributed by atoms with van der Waals surface area (Å²) in [5.41, 5.74) is 2.02. The molecule has 0 heterocycles. The van der Waals surface area contributed by atoms with Gasteiger partial charge in [0.1, 0.15) is 6.29 Å². The highest BCUT2D eigenvalue weighted by molar-refractivity contribution is 5.96. The molecule has 0 spiro atoms. The summed E-state index contributed by atoms with van der Waals surface area (Å²) in [6, 6.07) is 6.96. The fourth-order valence-electron chi connectivity index (χ4n) is 0.812. The third-order valence-corrected chi connectivity index (χ3v) is 1.48. The standard InChI is InChI=1S/C9H9NO/c1-7(10)9-4-2-8(6-11)3-5-9/h2-6,10H,1H3. The summed E-state index contributed by atoms with van der Waals surface area (Å²) in [7, 11) is 0. The normalized spacial score (nSPS) is 9.18. The summed E-state index contributed by atoms with van der Waals surface area (Å²) in [5, 5.41) is 7.27. The van der Waals surface area contributed by atoms with Crippen molar-refractivity contribution >= 4 is 12.0 Å². The van der Waals surface area contributed by atoms with E-state index in [2.05, 4.69) is 0 Å². The molecule has 11 heavy (non-hydrogen) atoms. The van der Waals surface area contributed by atoms with E-state index in [-0.39, 0.29) is 0 Å². The largest absolute Gasteiger partial charge is 0.305 e. The first-order valence-corrected chi connectivity index (χ1v) is 3.35. The highest BCUT2D eigenvalue weighted by Crippen LogP contribution is 2.02. The van der Waals surface area contributed by atoms with E-state index in [0.29, 0.717) is 11.3 Å². The van der Waals surface area contributed by atoms with Crippen molar-refractivity contribution < 1.29 is 4.79 Å². The van der Waals surface area contributed by atoms with E-state index in [9.17, 15) is 4.79 Å². The van der Waals surface area contributed by atoms with Crippen LogP contribution in [0.1, 0.15) is 22.8 Å². The number of hydrogen-bond acceptors (Lipinski definition) is 2. The fraction of sp³-hybridized carbons (Fsp3) is 0.111. The van der Waals surface area contributed by atoms with Gasteiger partial charge in [0.2, 0.25) is 0 Å². The molecular formula is C9H9NO. The van der Waals surface area contributed by atoms with Crippen molar-refractivity contribution in [3.8, 4) is 0 Å². The second-order valence-electron chi connectivity index (χ2n) is 2.36. The quantitative estimate of drug-likeness (QED) is 0.503.